The minimum absolute atomic E-state index is 0.00989. The van der Waals surface area contributed by atoms with Crippen molar-refractivity contribution in [2.75, 3.05) is 13.6 Å². The molecule has 1 fully saturated rings. The van der Waals surface area contributed by atoms with E-state index in [1.807, 2.05) is 6.92 Å². The summed E-state index contributed by atoms with van der Waals surface area (Å²) in [7, 11) is 2.16. The molecule has 2 nitrogen and oxygen atoms in total. The molecule has 2 atom stereocenters. The summed E-state index contributed by atoms with van der Waals surface area (Å²) in [5, 5.41) is 3.98. The maximum Gasteiger partial charge on any atom is 0.142 e. The molecule has 0 radical (unpaired) electrons. The van der Waals surface area contributed by atoms with E-state index in [0.717, 1.165) is 18.2 Å². The van der Waals surface area contributed by atoms with E-state index < -0.39 is 5.82 Å². The SMILES string of the molecule is CC(NCC(C)N(C)C1CC1)c1cc(F)c(Cl)cc1Cl. The largest absolute Gasteiger partial charge is 0.309 e. The van der Waals surface area contributed by atoms with Crippen molar-refractivity contribution in [3.8, 4) is 0 Å². The number of hydrogen-bond acceptors (Lipinski definition) is 2. The monoisotopic (exact) mass is 318 g/mol. The molecule has 0 bridgehead atoms. The quantitative estimate of drug-likeness (QED) is 0.788. The van der Waals surface area contributed by atoms with E-state index >= 15 is 0 Å². The van der Waals surface area contributed by atoms with Gasteiger partial charge in [0.1, 0.15) is 5.82 Å². The van der Waals surface area contributed by atoms with Crippen LogP contribution in [0.15, 0.2) is 12.1 Å². The molecule has 1 N–H and O–H groups in total. The maximum atomic E-state index is 13.5. The Balaban J connectivity index is 1.94. The third kappa shape index (κ3) is 3.85. The highest BCUT2D eigenvalue weighted by molar-refractivity contribution is 6.35. The molecule has 0 aromatic heterocycles. The molecule has 1 saturated carbocycles. The first-order valence-corrected chi connectivity index (χ1v) is 7.75. The van der Waals surface area contributed by atoms with Crippen LogP contribution in [0.1, 0.15) is 38.3 Å². The Hall–Kier alpha value is -0.350. The smallest absolute Gasteiger partial charge is 0.142 e. The summed E-state index contributed by atoms with van der Waals surface area (Å²) in [5.74, 6) is -0.428. The van der Waals surface area contributed by atoms with E-state index in [2.05, 4.69) is 24.2 Å². The number of rotatable bonds is 6. The van der Waals surface area contributed by atoms with Crippen LogP contribution in [0.5, 0.6) is 0 Å². The fourth-order valence-electron chi connectivity index (χ4n) is 2.31. The molecule has 1 aromatic rings. The molecule has 2 unspecified atom stereocenters. The van der Waals surface area contributed by atoms with Crippen LogP contribution in [0.4, 0.5) is 4.39 Å². The lowest BCUT2D eigenvalue weighted by atomic mass is 10.1. The highest BCUT2D eigenvalue weighted by Crippen LogP contribution is 2.29. The lowest BCUT2D eigenvalue weighted by Crippen LogP contribution is -2.39. The summed E-state index contributed by atoms with van der Waals surface area (Å²) in [4.78, 5) is 2.39. The number of nitrogens with one attached hydrogen (secondary N) is 1. The molecule has 20 heavy (non-hydrogen) atoms. The highest BCUT2D eigenvalue weighted by Gasteiger charge is 2.29. The first-order valence-electron chi connectivity index (χ1n) is 7.00. The van der Waals surface area contributed by atoms with Crippen molar-refractivity contribution >= 4 is 23.2 Å². The van der Waals surface area contributed by atoms with Gasteiger partial charge in [-0.2, -0.15) is 0 Å². The van der Waals surface area contributed by atoms with Crippen LogP contribution >= 0.6 is 23.2 Å². The van der Waals surface area contributed by atoms with Gasteiger partial charge in [-0.3, -0.25) is 4.90 Å². The molecule has 0 spiro atoms. The van der Waals surface area contributed by atoms with Crippen LogP contribution in [0.3, 0.4) is 0 Å². The molecule has 0 heterocycles. The number of likely N-dealkylation sites (N-methyl/N-ethyl adjacent to an activating group) is 1. The van der Waals surface area contributed by atoms with Gasteiger partial charge in [-0.25, -0.2) is 4.39 Å². The summed E-state index contributed by atoms with van der Waals surface area (Å²) in [6.45, 7) is 5.02. The van der Waals surface area contributed by atoms with Gasteiger partial charge in [0, 0.05) is 29.7 Å². The van der Waals surface area contributed by atoms with E-state index in [1.165, 1.54) is 25.0 Å². The van der Waals surface area contributed by atoms with E-state index in [0.29, 0.717) is 11.1 Å². The standard InChI is InChI=1S/C15H21Cl2FN2/c1-9(20(3)11-4-5-11)8-19-10(2)12-6-15(18)14(17)7-13(12)16/h6-7,9-11,19H,4-5,8H2,1-3H3. The van der Waals surface area contributed by atoms with Crippen molar-refractivity contribution in [2.24, 2.45) is 0 Å². The van der Waals surface area contributed by atoms with Crippen LogP contribution in [0.25, 0.3) is 0 Å². The molecule has 2 rings (SSSR count). The van der Waals surface area contributed by atoms with Crippen LogP contribution in [-0.2, 0) is 0 Å². The number of benzene rings is 1. The predicted octanol–water partition coefficient (Wildman–Crippen LogP) is 4.27. The first kappa shape index (κ1) is 16.0. The molecule has 5 heteroatoms. The van der Waals surface area contributed by atoms with Crippen LogP contribution in [-0.4, -0.2) is 30.6 Å². The second-order valence-corrected chi connectivity index (χ2v) is 6.48. The van der Waals surface area contributed by atoms with Gasteiger partial charge in [0.25, 0.3) is 0 Å². The lowest BCUT2D eigenvalue weighted by Gasteiger charge is -2.26. The van der Waals surface area contributed by atoms with Crippen molar-refractivity contribution in [3.05, 3.63) is 33.6 Å². The van der Waals surface area contributed by atoms with E-state index in [9.17, 15) is 4.39 Å². The second-order valence-electron chi connectivity index (χ2n) is 5.66. The van der Waals surface area contributed by atoms with Crippen LogP contribution in [0.2, 0.25) is 10.0 Å². The van der Waals surface area contributed by atoms with E-state index in [-0.39, 0.29) is 11.1 Å². The normalized spacial score (nSPS) is 18.4. The van der Waals surface area contributed by atoms with E-state index in [4.69, 9.17) is 23.2 Å². The molecular weight excluding hydrogens is 298 g/mol. The molecule has 112 valence electrons. The van der Waals surface area contributed by atoms with Crippen molar-refractivity contribution in [3.63, 3.8) is 0 Å². The zero-order chi connectivity index (χ0) is 14.9. The Morgan fingerprint density at radius 3 is 2.55 bits per heavy atom. The Morgan fingerprint density at radius 2 is 1.95 bits per heavy atom. The summed E-state index contributed by atoms with van der Waals surface area (Å²) in [6, 6.07) is 4.05. The Labute approximate surface area is 130 Å². The summed E-state index contributed by atoms with van der Waals surface area (Å²) in [5.41, 5.74) is 0.745. The predicted molar refractivity (Wildman–Crippen MR) is 83.1 cm³/mol. The Bertz CT molecular complexity index is 477. The van der Waals surface area contributed by atoms with Crippen molar-refractivity contribution in [1.82, 2.24) is 10.2 Å². The fourth-order valence-corrected chi connectivity index (χ4v) is 2.86. The zero-order valence-electron chi connectivity index (χ0n) is 12.1. The average Bonchev–Trinajstić information content (AvgIpc) is 3.23. The van der Waals surface area contributed by atoms with Gasteiger partial charge in [-0.1, -0.05) is 23.2 Å². The molecule has 0 aliphatic heterocycles. The second kappa shape index (κ2) is 6.61. The van der Waals surface area contributed by atoms with Gasteiger partial charge in [0.2, 0.25) is 0 Å². The highest BCUT2D eigenvalue weighted by atomic mass is 35.5. The van der Waals surface area contributed by atoms with E-state index in [1.54, 1.807) is 0 Å². The van der Waals surface area contributed by atoms with Gasteiger partial charge in [-0.05, 0) is 51.4 Å². The molecule has 1 aliphatic rings. The fraction of sp³-hybridized carbons (Fsp3) is 0.600. The molecule has 1 aliphatic carbocycles. The topological polar surface area (TPSA) is 15.3 Å². The number of hydrogen-bond donors (Lipinski definition) is 1. The van der Waals surface area contributed by atoms with Gasteiger partial charge < -0.3 is 5.32 Å². The third-order valence-electron chi connectivity index (χ3n) is 4.04. The number of nitrogens with zero attached hydrogens (tertiary/aromatic N) is 1. The summed E-state index contributed by atoms with van der Waals surface area (Å²) < 4.78 is 13.5. The minimum Gasteiger partial charge on any atom is -0.309 e. The van der Waals surface area contributed by atoms with Gasteiger partial charge in [0.15, 0.2) is 0 Å². The molecule has 1 aromatic carbocycles. The third-order valence-corrected chi connectivity index (χ3v) is 4.66. The van der Waals surface area contributed by atoms with Crippen LogP contribution < -0.4 is 5.32 Å². The lowest BCUT2D eigenvalue weighted by molar-refractivity contribution is 0.237. The summed E-state index contributed by atoms with van der Waals surface area (Å²) >= 11 is 11.8. The number of halogens is 3. The zero-order valence-corrected chi connectivity index (χ0v) is 13.6. The van der Waals surface area contributed by atoms with Crippen molar-refractivity contribution in [1.29, 1.82) is 0 Å². The Morgan fingerprint density at radius 1 is 1.30 bits per heavy atom. The van der Waals surface area contributed by atoms with Crippen molar-refractivity contribution in [2.45, 2.75) is 44.8 Å². The molecular formula is C15H21Cl2FN2. The Kier molecular flexibility index (Phi) is 5.30. The van der Waals surface area contributed by atoms with Crippen LogP contribution in [0, 0.1) is 5.82 Å². The van der Waals surface area contributed by atoms with Gasteiger partial charge >= 0.3 is 0 Å². The van der Waals surface area contributed by atoms with Gasteiger partial charge in [0.05, 0.1) is 5.02 Å². The minimum atomic E-state index is -0.428. The molecule has 0 saturated heterocycles. The summed E-state index contributed by atoms with van der Waals surface area (Å²) in [6.07, 6.45) is 2.59. The van der Waals surface area contributed by atoms with Gasteiger partial charge in [-0.15, -0.1) is 0 Å². The van der Waals surface area contributed by atoms with Crippen molar-refractivity contribution < 1.29 is 4.39 Å². The molecule has 0 amide bonds. The average molecular weight is 319 g/mol. The maximum absolute atomic E-state index is 13.5. The first-order chi connectivity index (χ1) is 9.40.